The molecular weight excluding hydrogens is 268 g/mol. The summed E-state index contributed by atoms with van der Waals surface area (Å²) < 4.78 is 10.9. The highest BCUT2D eigenvalue weighted by atomic mass is 16.5. The molecule has 0 aromatic heterocycles. The van der Waals surface area contributed by atoms with E-state index < -0.39 is 0 Å². The van der Waals surface area contributed by atoms with Gasteiger partial charge in [-0.2, -0.15) is 0 Å². The Labute approximate surface area is 126 Å². The van der Waals surface area contributed by atoms with Crippen LogP contribution in [-0.4, -0.2) is 44.2 Å². The van der Waals surface area contributed by atoms with Gasteiger partial charge < -0.3 is 20.1 Å². The molecule has 2 atom stereocenters. The monoisotopic (exact) mass is 292 g/mol. The lowest BCUT2D eigenvalue weighted by atomic mass is 10.0. The van der Waals surface area contributed by atoms with Crippen LogP contribution in [0.2, 0.25) is 0 Å². The van der Waals surface area contributed by atoms with Crippen molar-refractivity contribution in [2.75, 3.05) is 27.3 Å². The molecule has 1 saturated carbocycles. The number of hydrogen-bond acceptors (Lipinski definition) is 4. The molecule has 0 radical (unpaired) electrons. The van der Waals surface area contributed by atoms with E-state index in [2.05, 4.69) is 0 Å². The van der Waals surface area contributed by atoms with Gasteiger partial charge in [-0.05, 0) is 25.0 Å². The van der Waals surface area contributed by atoms with Crippen molar-refractivity contribution >= 4 is 5.91 Å². The summed E-state index contributed by atoms with van der Waals surface area (Å²) >= 11 is 0. The van der Waals surface area contributed by atoms with Crippen LogP contribution in [0.15, 0.2) is 24.3 Å². The number of hydrogen-bond donors (Lipinski definition) is 1. The van der Waals surface area contributed by atoms with E-state index in [1.54, 1.807) is 19.1 Å². The van der Waals surface area contributed by atoms with Gasteiger partial charge in [-0.25, -0.2) is 0 Å². The van der Waals surface area contributed by atoms with E-state index in [-0.39, 0.29) is 17.9 Å². The molecule has 1 aromatic rings. The first-order valence-corrected chi connectivity index (χ1v) is 7.40. The summed E-state index contributed by atoms with van der Waals surface area (Å²) in [6.07, 6.45) is 2.89. The smallest absolute Gasteiger partial charge is 0.227 e. The van der Waals surface area contributed by atoms with Gasteiger partial charge in [-0.3, -0.25) is 4.79 Å². The number of rotatable bonds is 6. The summed E-state index contributed by atoms with van der Waals surface area (Å²) in [7, 11) is 3.41. The molecule has 0 unspecified atom stereocenters. The Morgan fingerprint density at radius 1 is 1.33 bits per heavy atom. The molecular formula is C16H24N2O3. The van der Waals surface area contributed by atoms with Gasteiger partial charge in [0.1, 0.15) is 6.61 Å². The number of para-hydroxylation sites is 2. The van der Waals surface area contributed by atoms with Crippen LogP contribution in [0.25, 0.3) is 0 Å². The average Bonchev–Trinajstić information content (AvgIpc) is 2.93. The van der Waals surface area contributed by atoms with Crippen molar-refractivity contribution in [2.45, 2.75) is 25.3 Å². The summed E-state index contributed by atoms with van der Waals surface area (Å²) in [5, 5.41) is 0. The average molecular weight is 292 g/mol. The van der Waals surface area contributed by atoms with Crippen LogP contribution in [0.4, 0.5) is 0 Å². The number of carbonyl (C=O) groups is 1. The maximum absolute atomic E-state index is 12.3. The molecule has 21 heavy (non-hydrogen) atoms. The van der Waals surface area contributed by atoms with Gasteiger partial charge in [0.25, 0.3) is 0 Å². The van der Waals surface area contributed by atoms with Gasteiger partial charge in [-0.1, -0.05) is 18.6 Å². The molecule has 1 aliphatic carbocycles. The Morgan fingerprint density at radius 3 is 2.67 bits per heavy atom. The molecule has 5 heteroatoms. The molecule has 1 amide bonds. The van der Waals surface area contributed by atoms with Crippen LogP contribution in [0.5, 0.6) is 11.5 Å². The van der Waals surface area contributed by atoms with Crippen LogP contribution in [-0.2, 0) is 4.79 Å². The van der Waals surface area contributed by atoms with Crippen molar-refractivity contribution in [1.82, 2.24) is 4.90 Å². The van der Waals surface area contributed by atoms with Gasteiger partial charge >= 0.3 is 0 Å². The first kappa shape index (κ1) is 15.6. The quantitative estimate of drug-likeness (QED) is 0.866. The van der Waals surface area contributed by atoms with Crippen LogP contribution >= 0.6 is 0 Å². The number of methoxy groups -OCH3 is 1. The maximum Gasteiger partial charge on any atom is 0.227 e. The summed E-state index contributed by atoms with van der Waals surface area (Å²) in [6.45, 7) is 0.977. The predicted octanol–water partition coefficient (Wildman–Crippen LogP) is 1.66. The first-order valence-electron chi connectivity index (χ1n) is 7.40. The Balaban J connectivity index is 1.81. The van der Waals surface area contributed by atoms with E-state index in [9.17, 15) is 4.79 Å². The summed E-state index contributed by atoms with van der Waals surface area (Å²) in [6, 6.07) is 7.50. The highest BCUT2D eigenvalue weighted by Crippen LogP contribution is 2.27. The number of benzene rings is 1. The number of likely N-dealkylation sites (N-methyl/N-ethyl adjacent to an activating group) is 1. The second kappa shape index (κ2) is 7.31. The molecule has 0 saturated heterocycles. The predicted molar refractivity (Wildman–Crippen MR) is 81.4 cm³/mol. The standard InChI is InChI=1S/C16H24N2O3/c1-18(16(19)12-6-5-7-13(12)17)10-11-21-15-9-4-3-8-14(15)20-2/h3-4,8-9,12-13H,5-7,10-11,17H2,1-2H3/t12-,13+/m1/s1. The summed E-state index contributed by atoms with van der Waals surface area (Å²) in [5.74, 6) is 1.49. The largest absolute Gasteiger partial charge is 0.493 e. The minimum atomic E-state index is -0.0266. The van der Waals surface area contributed by atoms with Crippen molar-refractivity contribution in [1.29, 1.82) is 0 Å². The fourth-order valence-electron chi connectivity index (χ4n) is 2.72. The van der Waals surface area contributed by atoms with E-state index in [0.29, 0.717) is 24.7 Å². The summed E-state index contributed by atoms with van der Waals surface area (Å²) in [4.78, 5) is 14.0. The fraction of sp³-hybridized carbons (Fsp3) is 0.562. The topological polar surface area (TPSA) is 64.8 Å². The third-order valence-corrected chi connectivity index (χ3v) is 4.02. The Morgan fingerprint density at radius 2 is 2.05 bits per heavy atom. The van der Waals surface area contributed by atoms with E-state index in [4.69, 9.17) is 15.2 Å². The van der Waals surface area contributed by atoms with E-state index in [0.717, 1.165) is 19.3 Å². The van der Waals surface area contributed by atoms with E-state index >= 15 is 0 Å². The van der Waals surface area contributed by atoms with Crippen molar-refractivity contribution in [3.63, 3.8) is 0 Å². The zero-order valence-electron chi connectivity index (χ0n) is 12.7. The summed E-state index contributed by atoms with van der Waals surface area (Å²) in [5.41, 5.74) is 5.98. The Hall–Kier alpha value is -1.75. The van der Waals surface area contributed by atoms with Crippen LogP contribution in [0.3, 0.4) is 0 Å². The molecule has 0 spiro atoms. The second-order valence-corrected chi connectivity index (χ2v) is 5.46. The van der Waals surface area contributed by atoms with Crippen molar-refractivity contribution in [3.8, 4) is 11.5 Å². The molecule has 1 aliphatic rings. The molecule has 2 N–H and O–H groups in total. The SMILES string of the molecule is COc1ccccc1OCCN(C)C(=O)[C@@H]1CCC[C@@H]1N. The van der Waals surface area contributed by atoms with Gasteiger partial charge in [0.05, 0.1) is 19.6 Å². The van der Waals surface area contributed by atoms with Gasteiger partial charge in [-0.15, -0.1) is 0 Å². The molecule has 1 fully saturated rings. The second-order valence-electron chi connectivity index (χ2n) is 5.46. The highest BCUT2D eigenvalue weighted by molar-refractivity contribution is 5.79. The molecule has 5 nitrogen and oxygen atoms in total. The third kappa shape index (κ3) is 3.88. The maximum atomic E-state index is 12.3. The van der Waals surface area contributed by atoms with Crippen molar-refractivity contribution in [2.24, 2.45) is 11.7 Å². The lowest BCUT2D eigenvalue weighted by Gasteiger charge is -2.23. The molecule has 0 heterocycles. The lowest BCUT2D eigenvalue weighted by molar-refractivity contribution is -0.134. The fourth-order valence-corrected chi connectivity index (χ4v) is 2.72. The normalized spacial score (nSPS) is 21.1. The number of carbonyl (C=O) groups excluding carboxylic acids is 1. The van der Waals surface area contributed by atoms with Crippen molar-refractivity contribution < 1.29 is 14.3 Å². The zero-order chi connectivity index (χ0) is 15.2. The number of nitrogens with zero attached hydrogens (tertiary/aromatic N) is 1. The number of amides is 1. The molecule has 0 aliphatic heterocycles. The Bertz CT molecular complexity index is 478. The number of ether oxygens (including phenoxy) is 2. The molecule has 2 rings (SSSR count). The van der Waals surface area contributed by atoms with Crippen molar-refractivity contribution in [3.05, 3.63) is 24.3 Å². The lowest BCUT2D eigenvalue weighted by Crippen LogP contribution is -2.41. The number of nitrogens with two attached hydrogens (primary N) is 1. The van der Waals surface area contributed by atoms with Crippen LogP contribution in [0.1, 0.15) is 19.3 Å². The van der Waals surface area contributed by atoms with E-state index in [1.165, 1.54) is 0 Å². The molecule has 0 bridgehead atoms. The van der Waals surface area contributed by atoms with Gasteiger partial charge in [0.15, 0.2) is 11.5 Å². The Kier molecular flexibility index (Phi) is 5.44. The molecule has 116 valence electrons. The first-order chi connectivity index (χ1) is 10.1. The third-order valence-electron chi connectivity index (χ3n) is 4.02. The molecule has 1 aromatic carbocycles. The van der Waals surface area contributed by atoms with Gasteiger partial charge in [0.2, 0.25) is 5.91 Å². The minimum Gasteiger partial charge on any atom is -0.493 e. The van der Waals surface area contributed by atoms with E-state index in [1.807, 2.05) is 24.3 Å². The van der Waals surface area contributed by atoms with Crippen LogP contribution < -0.4 is 15.2 Å². The van der Waals surface area contributed by atoms with Crippen LogP contribution in [0, 0.1) is 5.92 Å². The van der Waals surface area contributed by atoms with Gasteiger partial charge in [0, 0.05) is 13.1 Å². The highest BCUT2D eigenvalue weighted by Gasteiger charge is 2.31. The minimum absolute atomic E-state index is 0.00934. The zero-order valence-corrected chi connectivity index (χ0v) is 12.7.